The van der Waals surface area contributed by atoms with Gasteiger partial charge in [0, 0.05) is 18.3 Å². The molecule has 0 aromatic heterocycles. The third kappa shape index (κ3) is 4.78. The van der Waals surface area contributed by atoms with E-state index in [2.05, 4.69) is 15.7 Å². The van der Waals surface area contributed by atoms with Gasteiger partial charge in [0.25, 0.3) is 0 Å². The highest BCUT2D eigenvalue weighted by atomic mass is 19.1. The van der Waals surface area contributed by atoms with Crippen LogP contribution in [-0.4, -0.2) is 12.5 Å². The normalized spacial score (nSPS) is 11.4. The van der Waals surface area contributed by atoms with Crippen LogP contribution in [0.25, 0.3) is 0 Å². The lowest BCUT2D eigenvalue weighted by molar-refractivity contribution is 0.584. The Morgan fingerprint density at radius 1 is 1.29 bits per heavy atom. The van der Waals surface area contributed by atoms with Gasteiger partial charge in [-0.05, 0) is 18.6 Å². The summed E-state index contributed by atoms with van der Waals surface area (Å²) in [7, 11) is 0. The molecule has 4 N–H and O–H groups in total. The average Bonchev–Trinajstić information content (AvgIpc) is 2.26. The minimum atomic E-state index is -0.655. The minimum Gasteiger partial charge on any atom is -0.325 e. The molecule has 0 aliphatic carbocycles. The van der Waals surface area contributed by atoms with E-state index in [9.17, 15) is 8.78 Å². The molecule has 0 atom stereocenters. The zero-order chi connectivity index (χ0) is 12.7. The fourth-order valence-corrected chi connectivity index (χ4v) is 1.23. The van der Waals surface area contributed by atoms with Crippen molar-refractivity contribution in [3.8, 4) is 0 Å². The lowest BCUT2D eigenvalue weighted by Gasteiger charge is -2.09. The molecule has 0 amide bonds. The largest absolute Gasteiger partial charge is 0.325 e. The first kappa shape index (κ1) is 13.4. The molecule has 0 bridgehead atoms. The molecule has 0 radical (unpaired) electrons. The second-order valence-corrected chi connectivity index (χ2v) is 3.51. The van der Waals surface area contributed by atoms with Crippen molar-refractivity contribution in [2.45, 2.75) is 19.8 Å². The number of hydrogen-bond donors (Lipinski definition) is 3. The molecule has 0 unspecified atom stereocenters. The summed E-state index contributed by atoms with van der Waals surface area (Å²) in [6, 6.07) is 3.13. The zero-order valence-electron chi connectivity index (χ0n) is 9.63. The first-order valence-electron chi connectivity index (χ1n) is 5.40. The second kappa shape index (κ2) is 6.80. The standard InChI is InChI=1S/C11H16F2N4/c1-2-3-4-15-11(17-14)16-10-6-8(12)5-9(13)7-10/h5-7H,2-4,14H2,1H3,(H2,15,16,17). The first-order valence-corrected chi connectivity index (χ1v) is 5.40. The first-order chi connectivity index (χ1) is 8.15. The molecule has 94 valence electrons. The Labute approximate surface area is 98.9 Å². The van der Waals surface area contributed by atoms with Gasteiger partial charge in [-0.3, -0.25) is 10.4 Å². The highest BCUT2D eigenvalue weighted by molar-refractivity contribution is 5.93. The van der Waals surface area contributed by atoms with Crippen molar-refractivity contribution in [3.63, 3.8) is 0 Å². The van der Waals surface area contributed by atoms with Gasteiger partial charge in [0.1, 0.15) is 11.6 Å². The van der Waals surface area contributed by atoms with Gasteiger partial charge >= 0.3 is 0 Å². The van der Waals surface area contributed by atoms with Crippen LogP contribution in [0.5, 0.6) is 0 Å². The van der Waals surface area contributed by atoms with Gasteiger partial charge in [-0.1, -0.05) is 13.3 Å². The molecule has 0 aliphatic heterocycles. The van der Waals surface area contributed by atoms with Crippen molar-refractivity contribution in [2.24, 2.45) is 10.8 Å². The summed E-state index contributed by atoms with van der Waals surface area (Å²) in [6.45, 7) is 2.64. The number of nitrogens with two attached hydrogens (primary N) is 1. The number of hydrazine groups is 1. The summed E-state index contributed by atoms with van der Waals surface area (Å²) in [4.78, 5) is 4.11. The van der Waals surface area contributed by atoms with E-state index in [4.69, 9.17) is 5.84 Å². The number of unbranched alkanes of at least 4 members (excludes halogenated alkanes) is 1. The molecule has 0 fully saturated rings. The Hall–Kier alpha value is -1.69. The lowest BCUT2D eigenvalue weighted by atomic mass is 10.3. The van der Waals surface area contributed by atoms with Crippen LogP contribution in [0.4, 0.5) is 14.5 Å². The van der Waals surface area contributed by atoms with Gasteiger partial charge < -0.3 is 5.32 Å². The van der Waals surface area contributed by atoms with Gasteiger partial charge in [-0.25, -0.2) is 14.6 Å². The van der Waals surface area contributed by atoms with Crippen molar-refractivity contribution < 1.29 is 8.78 Å². The van der Waals surface area contributed by atoms with Crippen LogP contribution in [0.3, 0.4) is 0 Å². The topological polar surface area (TPSA) is 62.4 Å². The van der Waals surface area contributed by atoms with Gasteiger partial charge in [0.2, 0.25) is 5.96 Å². The van der Waals surface area contributed by atoms with Gasteiger partial charge in [0.05, 0.1) is 0 Å². The molecule has 1 aromatic rings. The molecule has 17 heavy (non-hydrogen) atoms. The number of nitrogens with one attached hydrogen (secondary N) is 2. The number of rotatable bonds is 4. The van der Waals surface area contributed by atoms with Crippen molar-refractivity contribution in [2.75, 3.05) is 11.9 Å². The van der Waals surface area contributed by atoms with Crippen LogP contribution in [0.2, 0.25) is 0 Å². The predicted octanol–water partition coefficient (Wildman–Crippen LogP) is 2.00. The average molecular weight is 242 g/mol. The lowest BCUT2D eigenvalue weighted by Crippen LogP contribution is -2.36. The Bertz CT molecular complexity index is 373. The number of guanidine groups is 1. The molecule has 1 aromatic carbocycles. The highest BCUT2D eigenvalue weighted by Gasteiger charge is 2.02. The van der Waals surface area contributed by atoms with E-state index in [1.807, 2.05) is 6.92 Å². The quantitative estimate of drug-likeness (QED) is 0.249. The molecular weight excluding hydrogens is 226 g/mol. The molecule has 6 heteroatoms. The van der Waals surface area contributed by atoms with Gasteiger partial charge in [-0.15, -0.1) is 0 Å². The fourth-order valence-electron chi connectivity index (χ4n) is 1.23. The van der Waals surface area contributed by atoms with Gasteiger partial charge in [0.15, 0.2) is 0 Å². The summed E-state index contributed by atoms with van der Waals surface area (Å²) >= 11 is 0. The van der Waals surface area contributed by atoms with Crippen LogP contribution >= 0.6 is 0 Å². The summed E-state index contributed by atoms with van der Waals surface area (Å²) in [5.41, 5.74) is 2.60. The van der Waals surface area contributed by atoms with E-state index in [-0.39, 0.29) is 11.6 Å². The highest BCUT2D eigenvalue weighted by Crippen LogP contribution is 2.12. The minimum absolute atomic E-state index is 0.260. The second-order valence-electron chi connectivity index (χ2n) is 3.51. The van der Waals surface area contributed by atoms with Crippen LogP contribution < -0.4 is 16.6 Å². The van der Waals surface area contributed by atoms with Crippen molar-refractivity contribution in [3.05, 3.63) is 29.8 Å². The maximum atomic E-state index is 12.9. The number of hydrogen-bond acceptors (Lipinski definition) is 2. The van der Waals surface area contributed by atoms with E-state index in [1.54, 1.807) is 0 Å². The SMILES string of the molecule is CCCCN=C(NN)Nc1cc(F)cc(F)c1. The Balaban J connectivity index is 2.69. The maximum Gasteiger partial charge on any atom is 0.210 e. The molecular formula is C11H16F2N4. The molecule has 0 spiro atoms. The van der Waals surface area contributed by atoms with Crippen molar-refractivity contribution in [1.29, 1.82) is 0 Å². The fraction of sp³-hybridized carbons (Fsp3) is 0.364. The summed E-state index contributed by atoms with van der Waals surface area (Å²) in [5, 5.41) is 2.70. The van der Waals surface area contributed by atoms with E-state index in [1.165, 1.54) is 0 Å². The van der Waals surface area contributed by atoms with Crippen LogP contribution in [-0.2, 0) is 0 Å². The summed E-state index contributed by atoms with van der Waals surface area (Å²) < 4.78 is 25.8. The monoisotopic (exact) mass is 242 g/mol. The van der Waals surface area contributed by atoms with Gasteiger partial charge in [-0.2, -0.15) is 0 Å². The third-order valence-electron chi connectivity index (χ3n) is 2.04. The molecule has 0 saturated heterocycles. The molecule has 0 heterocycles. The number of aliphatic imine (C=N–C) groups is 1. The number of anilines is 1. The smallest absolute Gasteiger partial charge is 0.210 e. The summed E-state index contributed by atoms with van der Waals surface area (Å²) in [5.74, 6) is 4.22. The van der Waals surface area contributed by atoms with E-state index in [0.29, 0.717) is 6.54 Å². The predicted molar refractivity (Wildman–Crippen MR) is 64.5 cm³/mol. The molecule has 1 rings (SSSR count). The van der Waals surface area contributed by atoms with E-state index < -0.39 is 11.6 Å². The number of nitrogens with zero attached hydrogens (tertiary/aromatic N) is 1. The molecule has 0 saturated carbocycles. The van der Waals surface area contributed by atoms with E-state index >= 15 is 0 Å². The third-order valence-corrected chi connectivity index (χ3v) is 2.04. The number of halogens is 2. The zero-order valence-corrected chi connectivity index (χ0v) is 9.63. The van der Waals surface area contributed by atoms with Crippen molar-refractivity contribution >= 4 is 11.6 Å². The van der Waals surface area contributed by atoms with Crippen LogP contribution in [0.1, 0.15) is 19.8 Å². The van der Waals surface area contributed by atoms with E-state index in [0.717, 1.165) is 31.0 Å². The van der Waals surface area contributed by atoms with Crippen LogP contribution in [0.15, 0.2) is 23.2 Å². The number of benzene rings is 1. The maximum absolute atomic E-state index is 12.9. The Morgan fingerprint density at radius 2 is 1.94 bits per heavy atom. The molecule has 0 aliphatic rings. The Kier molecular flexibility index (Phi) is 5.35. The van der Waals surface area contributed by atoms with Crippen LogP contribution in [0, 0.1) is 11.6 Å². The Morgan fingerprint density at radius 3 is 2.47 bits per heavy atom. The van der Waals surface area contributed by atoms with Crippen molar-refractivity contribution in [1.82, 2.24) is 5.43 Å². The molecule has 4 nitrogen and oxygen atoms in total. The summed E-state index contributed by atoms with van der Waals surface area (Å²) in [6.07, 6.45) is 1.93.